The summed E-state index contributed by atoms with van der Waals surface area (Å²) >= 11 is 0. The summed E-state index contributed by atoms with van der Waals surface area (Å²) in [5.74, 6) is 0.213. The Bertz CT molecular complexity index is 328. The van der Waals surface area contributed by atoms with Crippen molar-refractivity contribution in [3.63, 3.8) is 0 Å². The summed E-state index contributed by atoms with van der Waals surface area (Å²) < 4.78 is 0. The summed E-state index contributed by atoms with van der Waals surface area (Å²) in [5.41, 5.74) is 2.32. The molecular formula is C11H12NORb. The average molecular weight is 260 g/mol. The molecule has 0 unspecified atom stereocenters. The van der Waals surface area contributed by atoms with Crippen molar-refractivity contribution in [3.8, 4) is 0 Å². The first-order valence-electron chi connectivity index (χ1n) is 4.52. The van der Waals surface area contributed by atoms with Crippen LogP contribution in [0.3, 0.4) is 0 Å². The molecule has 0 spiro atoms. The molecule has 68 valence electrons. The number of fused-ring (bicyclic) bond motifs is 1. The van der Waals surface area contributed by atoms with Crippen molar-refractivity contribution in [3.05, 3.63) is 35.6 Å². The number of piperidine rings is 1. The fraction of sp³-hybridized carbons (Fsp3) is 0.364. The molecule has 2 aliphatic rings. The maximum Gasteiger partial charge on any atom is 1.00 e. The van der Waals surface area contributed by atoms with Crippen molar-refractivity contribution in [2.45, 2.75) is 19.3 Å². The smallest absolute Gasteiger partial charge is 0.317 e. The van der Waals surface area contributed by atoms with Crippen molar-refractivity contribution >= 4 is 5.91 Å². The van der Waals surface area contributed by atoms with Gasteiger partial charge in [-0.15, -0.1) is 5.57 Å². The van der Waals surface area contributed by atoms with Gasteiger partial charge in [-0.1, -0.05) is 12.5 Å². The number of carbonyl (C=O) groups excluding carboxylic acids is 1. The molecule has 0 aromatic carbocycles. The van der Waals surface area contributed by atoms with Gasteiger partial charge in [0.05, 0.1) is 0 Å². The zero-order chi connectivity index (χ0) is 9.26. The summed E-state index contributed by atoms with van der Waals surface area (Å²) in [4.78, 5) is 13.1. The number of hydrogen-bond acceptors (Lipinski definition) is 1. The van der Waals surface area contributed by atoms with E-state index in [1.165, 1.54) is 5.57 Å². The van der Waals surface area contributed by atoms with Crippen molar-refractivity contribution in [1.29, 1.82) is 0 Å². The van der Waals surface area contributed by atoms with Crippen LogP contribution in [-0.2, 0) is 4.79 Å². The van der Waals surface area contributed by atoms with Crippen LogP contribution in [0.1, 0.15) is 19.3 Å². The first-order chi connectivity index (χ1) is 6.29. The van der Waals surface area contributed by atoms with E-state index in [4.69, 9.17) is 0 Å². The van der Waals surface area contributed by atoms with Crippen LogP contribution in [0.25, 0.3) is 0 Å². The van der Waals surface area contributed by atoms with E-state index in [1.54, 1.807) is 4.90 Å². The van der Waals surface area contributed by atoms with Gasteiger partial charge in [0.15, 0.2) is 0 Å². The van der Waals surface area contributed by atoms with Crippen LogP contribution in [0.15, 0.2) is 29.5 Å². The van der Waals surface area contributed by atoms with Gasteiger partial charge in [-0.2, -0.15) is 0 Å². The van der Waals surface area contributed by atoms with Gasteiger partial charge in [0, 0.05) is 19.2 Å². The third-order valence-corrected chi connectivity index (χ3v) is 2.49. The fourth-order valence-corrected chi connectivity index (χ4v) is 1.71. The van der Waals surface area contributed by atoms with Crippen molar-refractivity contribution in [1.82, 2.24) is 4.90 Å². The van der Waals surface area contributed by atoms with Crippen LogP contribution in [-0.4, -0.2) is 17.9 Å². The molecule has 1 fully saturated rings. The topological polar surface area (TPSA) is 20.3 Å². The molecule has 0 aromatic heterocycles. The Balaban J connectivity index is 0.000000980. The Morgan fingerprint density at radius 3 is 3.00 bits per heavy atom. The quantitative estimate of drug-likeness (QED) is 0.502. The number of likely N-dealkylation sites (tertiary alicyclic amines) is 1. The van der Waals surface area contributed by atoms with Gasteiger partial charge in [-0.25, -0.2) is 12.2 Å². The number of allylic oxidation sites excluding steroid dienone is 5. The molecule has 0 saturated carbocycles. The first kappa shape index (κ1) is 12.6. The molecule has 1 amide bonds. The van der Waals surface area contributed by atoms with Crippen LogP contribution < -0.4 is 58.2 Å². The molecule has 3 heteroatoms. The molecule has 1 aliphatic heterocycles. The zero-order valence-electron chi connectivity index (χ0n) is 8.71. The first-order valence-corrected chi connectivity index (χ1v) is 4.52. The number of rotatable bonds is 0. The van der Waals surface area contributed by atoms with Gasteiger partial charge in [0.1, 0.15) is 0 Å². The Labute approximate surface area is 134 Å². The Morgan fingerprint density at radius 1 is 1.43 bits per heavy atom. The third kappa shape index (κ3) is 2.54. The van der Waals surface area contributed by atoms with E-state index < -0.39 is 0 Å². The normalized spacial score (nSPS) is 20.4. The summed E-state index contributed by atoms with van der Waals surface area (Å²) in [7, 11) is 1.84. The van der Waals surface area contributed by atoms with E-state index in [2.05, 4.69) is 18.2 Å². The van der Waals surface area contributed by atoms with Gasteiger partial charge < -0.3 is 4.90 Å². The van der Waals surface area contributed by atoms with Crippen LogP contribution in [0.4, 0.5) is 0 Å². The van der Waals surface area contributed by atoms with E-state index in [0.717, 1.165) is 18.5 Å². The minimum Gasteiger partial charge on any atom is -0.317 e. The number of carbonyl (C=O) groups is 1. The molecule has 1 aliphatic carbocycles. The van der Waals surface area contributed by atoms with E-state index in [0.29, 0.717) is 6.42 Å². The fourth-order valence-electron chi connectivity index (χ4n) is 1.71. The minimum absolute atomic E-state index is 0. The molecule has 0 aromatic rings. The van der Waals surface area contributed by atoms with Crippen molar-refractivity contribution in [2.24, 2.45) is 0 Å². The van der Waals surface area contributed by atoms with Gasteiger partial charge in [-0.05, 0) is 6.42 Å². The molecule has 0 bridgehead atoms. The third-order valence-electron chi connectivity index (χ3n) is 2.49. The maximum absolute atomic E-state index is 11.4. The summed E-state index contributed by atoms with van der Waals surface area (Å²) in [5, 5.41) is 0. The summed E-state index contributed by atoms with van der Waals surface area (Å²) in [6, 6.07) is 0. The van der Waals surface area contributed by atoms with Gasteiger partial charge >= 0.3 is 58.2 Å². The predicted molar refractivity (Wildman–Crippen MR) is 50.6 cm³/mol. The van der Waals surface area contributed by atoms with Gasteiger partial charge in [-0.3, -0.25) is 10.9 Å². The average Bonchev–Trinajstić information content (AvgIpc) is 2.36. The second-order valence-corrected chi connectivity index (χ2v) is 3.31. The molecule has 1 heterocycles. The Kier molecular flexibility index (Phi) is 4.98. The summed E-state index contributed by atoms with van der Waals surface area (Å²) in [6.45, 7) is 0. The van der Waals surface area contributed by atoms with E-state index >= 15 is 0 Å². The Hall–Kier alpha value is 0.495. The number of nitrogens with zero attached hydrogens (tertiary/aromatic N) is 1. The Morgan fingerprint density at radius 2 is 2.21 bits per heavy atom. The van der Waals surface area contributed by atoms with E-state index in [-0.39, 0.29) is 64.1 Å². The molecule has 2 rings (SSSR count). The second kappa shape index (κ2) is 5.54. The minimum atomic E-state index is 0. The molecule has 14 heavy (non-hydrogen) atoms. The monoisotopic (exact) mass is 259 g/mol. The molecule has 0 N–H and O–H groups in total. The van der Waals surface area contributed by atoms with Crippen molar-refractivity contribution in [2.75, 3.05) is 7.05 Å². The molecule has 1 saturated heterocycles. The van der Waals surface area contributed by atoms with Crippen molar-refractivity contribution < 1.29 is 63.0 Å². The predicted octanol–water partition coefficient (Wildman–Crippen LogP) is -1.18. The molecule has 0 atom stereocenters. The standard InChI is InChI=1S/C11H12NO.Rb/c1-12-10-6-4-2-3-5-9(10)7-8-11(12)13;/h3,5-6H,4,7-8H2,1H3;/q-1;+1. The van der Waals surface area contributed by atoms with E-state index in [9.17, 15) is 4.79 Å². The van der Waals surface area contributed by atoms with Crippen LogP contribution in [0, 0.1) is 6.08 Å². The largest absolute Gasteiger partial charge is 1.00 e. The summed E-state index contributed by atoms with van der Waals surface area (Å²) in [6.07, 6.45) is 11.5. The van der Waals surface area contributed by atoms with Crippen LogP contribution >= 0.6 is 0 Å². The molecule has 2 nitrogen and oxygen atoms in total. The molecular weight excluding hydrogens is 248 g/mol. The van der Waals surface area contributed by atoms with E-state index in [1.807, 2.05) is 13.1 Å². The number of likely N-dealkylation sites (N-methyl/N-ethyl adjacent to an activating group) is 1. The SMILES string of the molecule is CN1C(=O)CCC2=CC=[C-]CC=C21.[Rb+]. The zero-order valence-corrected chi connectivity index (χ0v) is 13.6. The number of hydrogen-bond donors (Lipinski definition) is 0. The maximum atomic E-state index is 11.4. The van der Waals surface area contributed by atoms with Crippen LogP contribution in [0.2, 0.25) is 0 Å². The van der Waals surface area contributed by atoms with Crippen LogP contribution in [0.5, 0.6) is 0 Å². The van der Waals surface area contributed by atoms with Gasteiger partial charge in [0.25, 0.3) is 0 Å². The second-order valence-electron chi connectivity index (χ2n) is 3.31. The molecule has 0 radical (unpaired) electrons. The van der Waals surface area contributed by atoms with Gasteiger partial charge in [0.2, 0.25) is 5.91 Å². The number of amides is 1.